The molecule has 1 saturated carbocycles. The van der Waals surface area contributed by atoms with E-state index in [-0.39, 0.29) is 29.7 Å². The smallest absolute Gasteiger partial charge is 0.225 e. The third-order valence-corrected chi connectivity index (χ3v) is 5.93. The first-order valence-electron chi connectivity index (χ1n) is 9.17. The molecule has 0 spiro atoms. The van der Waals surface area contributed by atoms with E-state index in [1.165, 1.54) is 4.88 Å². The lowest BCUT2D eigenvalue weighted by Crippen LogP contribution is -2.46. The van der Waals surface area contributed by atoms with Gasteiger partial charge in [-0.2, -0.15) is 0 Å². The Kier molecular flexibility index (Phi) is 5.59. The molecule has 1 aromatic rings. The number of carbonyl (C=O) groups excluding carboxylic acids is 2. The molecule has 132 valence electrons. The summed E-state index contributed by atoms with van der Waals surface area (Å²) in [5, 5.41) is 5.32. The number of nitrogens with zero attached hydrogens (tertiary/aromatic N) is 1. The summed E-state index contributed by atoms with van der Waals surface area (Å²) < 4.78 is 0. The zero-order valence-electron chi connectivity index (χ0n) is 14.7. The molecule has 0 unspecified atom stereocenters. The Labute approximate surface area is 148 Å². The predicted molar refractivity (Wildman–Crippen MR) is 96.7 cm³/mol. The Bertz CT molecular complexity index is 566. The standard InChI is InChI=1S/C19H28N2O2S/c1-13(2)11-16(17-6-4-10-24-17)20-18(22)15-5-3-9-21(12-15)19(23)14-7-8-14/h4,6,10,13-16H,3,5,7-9,11-12H2,1-2H3,(H,20,22)/t15-,16-/m1/s1. The fourth-order valence-electron chi connectivity index (χ4n) is 3.48. The van der Waals surface area contributed by atoms with Crippen LogP contribution in [-0.4, -0.2) is 29.8 Å². The van der Waals surface area contributed by atoms with Gasteiger partial charge < -0.3 is 10.2 Å². The van der Waals surface area contributed by atoms with Crippen LogP contribution >= 0.6 is 11.3 Å². The fraction of sp³-hybridized carbons (Fsp3) is 0.684. The van der Waals surface area contributed by atoms with E-state index in [0.29, 0.717) is 12.5 Å². The highest BCUT2D eigenvalue weighted by Crippen LogP contribution is 2.33. The molecule has 0 radical (unpaired) electrons. The largest absolute Gasteiger partial charge is 0.348 e. The second kappa shape index (κ2) is 7.68. The molecular formula is C19H28N2O2S. The molecule has 2 heterocycles. The lowest BCUT2D eigenvalue weighted by molar-refractivity contribution is -0.137. The van der Waals surface area contributed by atoms with Crippen LogP contribution in [0.1, 0.15) is 56.9 Å². The highest BCUT2D eigenvalue weighted by atomic mass is 32.1. The van der Waals surface area contributed by atoms with Crippen LogP contribution in [0.4, 0.5) is 0 Å². The van der Waals surface area contributed by atoms with Gasteiger partial charge in [0.05, 0.1) is 12.0 Å². The first-order valence-corrected chi connectivity index (χ1v) is 10.0. The maximum Gasteiger partial charge on any atom is 0.225 e. The van der Waals surface area contributed by atoms with Crippen LogP contribution in [0.25, 0.3) is 0 Å². The fourth-order valence-corrected chi connectivity index (χ4v) is 4.27. The van der Waals surface area contributed by atoms with Crippen molar-refractivity contribution in [2.75, 3.05) is 13.1 Å². The topological polar surface area (TPSA) is 49.4 Å². The SMILES string of the molecule is CC(C)C[C@@H](NC(=O)[C@@H]1CCCN(C(=O)C2CC2)C1)c1cccs1. The van der Waals surface area contributed by atoms with Crippen molar-refractivity contribution < 1.29 is 9.59 Å². The van der Waals surface area contributed by atoms with Gasteiger partial charge in [-0.1, -0.05) is 19.9 Å². The van der Waals surface area contributed by atoms with Gasteiger partial charge >= 0.3 is 0 Å². The van der Waals surface area contributed by atoms with Gasteiger partial charge in [0.2, 0.25) is 11.8 Å². The Hall–Kier alpha value is -1.36. The van der Waals surface area contributed by atoms with E-state index in [1.807, 2.05) is 11.0 Å². The van der Waals surface area contributed by atoms with Crippen molar-refractivity contribution >= 4 is 23.2 Å². The number of rotatable bonds is 6. The number of nitrogens with one attached hydrogen (secondary N) is 1. The second-order valence-electron chi connectivity index (χ2n) is 7.60. The molecule has 3 rings (SSSR count). The minimum absolute atomic E-state index is 0.0592. The minimum Gasteiger partial charge on any atom is -0.348 e. The molecule has 24 heavy (non-hydrogen) atoms. The van der Waals surface area contributed by atoms with E-state index in [0.717, 1.165) is 38.6 Å². The number of carbonyl (C=O) groups is 2. The number of likely N-dealkylation sites (tertiary alicyclic amines) is 1. The summed E-state index contributed by atoms with van der Waals surface area (Å²) in [6, 6.07) is 4.23. The molecule has 4 nitrogen and oxygen atoms in total. The lowest BCUT2D eigenvalue weighted by atomic mass is 9.95. The second-order valence-corrected chi connectivity index (χ2v) is 8.58. The predicted octanol–water partition coefficient (Wildman–Crippen LogP) is 3.60. The Morgan fingerprint density at radius 3 is 2.71 bits per heavy atom. The first kappa shape index (κ1) is 17.5. The van der Waals surface area contributed by atoms with Gasteiger partial charge in [0.25, 0.3) is 0 Å². The third-order valence-electron chi connectivity index (χ3n) is 4.94. The van der Waals surface area contributed by atoms with E-state index in [4.69, 9.17) is 0 Å². The summed E-state index contributed by atoms with van der Waals surface area (Å²) in [5.41, 5.74) is 0. The van der Waals surface area contributed by atoms with Crippen molar-refractivity contribution in [2.45, 2.75) is 52.0 Å². The highest BCUT2D eigenvalue weighted by molar-refractivity contribution is 7.10. The molecule has 2 aliphatic rings. The average Bonchev–Trinajstić information content (AvgIpc) is 3.27. The van der Waals surface area contributed by atoms with E-state index in [1.54, 1.807) is 11.3 Å². The normalized spacial score (nSPS) is 22.5. The number of thiophene rings is 1. The zero-order chi connectivity index (χ0) is 17.1. The molecule has 1 N–H and O–H groups in total. The van der Waals surface area contributed by atoms with Crippen LogP contribution in [0.2, 0.25) is 0 Å². The van der Waals surface area contributed by atoms with E-state index < -0.39 is 0 Å². The molecule has 2 atom stereocenters. The van der Waals surface area contributed by atoms with Crippen molar-refractivity contribution in [3.8, 4) is 0 Å². The monoisotopic (exact) mass is 348 g/mol. The molecular weight excluding hydrogens is 320 g/mol. The Morgan fingerprint density at radius 1 is 1.29 bits per heavy atom. The van der Waals surface area contributed by atoms with E-state index >= 15 is 0 Å². The maximum absolute atomic E-state index is 12.8. The molecule has 1 saturated heterocycles. The average molecular weight is 349 g/mol. The molecule has 2 fully saturated rings. The highest BCUT2D eigenvalue weighted by Gasteiger charge is 2.37. The van der Waals surface area contributed by atoms with Gasteiger partial charge in [-0.25, -0.2) is 0 Å². The van der Waals surface area contributed by atoms with Crippen molar-refractivity contribution in [3.05, 3.63) is 22.4 Å². The van der Waals surface area contributed by atoms with Gasteiger partial charge in [-0.3, -0.25) is 9.59 Å². The molecule has 1 aromatic heterocycles. The lowest BCUT2D eigenvalue weighted by Gasteiger charge is -2.33. The zero-order valence-corrected chi connectivity index (χ0v) is 15.5. The summed E-state index contributed by atoms with van der Waals surface area (Å²) in [5.74, 6) is 1.09. The number of hydrogen-bond donors (Lipinski definition) is 1. The number of amides is 2. The summed E-state index contributed by atoms with van der Waals surface area (Å²) >= 11 is 1.70. The quantitative estimate of drug-likeness (QED) is 0.854. The molecule has 0 bridgehead atoms. The van der Waals surface area contributed by atoms with Gasteiger partial charge in [0.15, 0.2) is 0 Å². The van der Waals surface area contributed by atoms with Crippen LogP contribution in [-0.2, 0) is 9.59 Å². The summed E-state index contributed by atoms with van der Waals surface area (Å²) in [4.78, 5) is 28.2. The molecule has 1 aliphatic carbocycles. The Morgan fingerprint density at radius 2 is 2.08 bits per heavy atom. The van der Waals surface area contributed by atoms with Crippen LogP contribution in [0.15, 0.2) is 17.5 Å². The van der Waals surface area contributed by atoms with Gasteiger partial charge in [0.1, 0.15) is 0 Å². The van der Waals surface area contributed by atoms with Crippen molar-refractivity contribution in [1.82, 2.24) is 10.2 Å². The van der Waals surface area contributed by atoms with Crippen molar-refractivity contribution in [1.29, 1.82) is 0 Å². The van der Waals surface area contributed by atoms with Gasteiger partial charge in [-0.05, 0) is 49.5 Å². The molecule has 1 aliphatic heterocycles. The summed E-state index contributed by atoms with van der Waals surface area (Å²) in [6.45, 7) is 5.78. The van der Waals surface area contributed by atoms with Crippen LogP contribution < -0.4 is 5.32 Å². The minimum atomic E-state index is -0.0592. The number of hydrogen-bond acceptors (Lipinski definition) is 3. The summed E-state index contributed by atoms with van der Waals surface area (Å²) in [6.07, 6.45) is 4.83. The molecule has 0 aromatic carbocycles. The van der Waals surface area contributed by atoms with E-state index in [2.05, 4.69) is 30.6 Å². The number of piperidine rings is 1. The third kappa shape index (κ3) is 4.38. The van der Waals surface area contributed by atoms with Crippen LogP contribution in [0, 0.1) is 17.8 Å². The van der Waals surface area contributed by atoms with Gasteiger partial charge in [-0.15, -0.1) is 11.3 Å². The van der Waals surface area contributed by atoms with Crippen molar-refractivity contribution in [2.24, 2.45) is 17.8 Å². The maximum atomic E-state index is 12.8. The van der Waals surface area contributed by atoms with Gasteiger partial charge in [0, 0.05) is 23.9 Å². The van der Waals surface area contributed by atoms with Crippen molar-refractivity contribution in [3.63, 3.8) is 0 Å². The van der Waals surface area contributed by atoms with Crippen LogP contribution in [0.3, 0.4) is 0 Å². The Balaban J connectivity index is 1.60. The molecule has 5 heteroatoms. The van der Waals surface area contributed by atoms with Crippen LogP contribution in [0.5, 0.6) is 0 Å². The summed E-state index contributed by atoms with van der Waals surface area (Å²) in [7, 11) is 0. The van der Waals surface area contributed by atoms with E-state index in [9.17, 15) is 9.59 Å². The first-order chi connectivity index (χ1) is 11.5. The molecule has 2 amide bonds.